The molecule has 0 saturated carbocycles. The van der Waals surface area contributed by atoms with Crippen molar-refractivity contribution < 1.29 is 27.4 Å². The lowest BCUT2D eigenvalue weighted by molar-refractivity contribution is -0.140. The van der Waals surface area contributed by atoms with Crippen molar-refractivity contribution in [3.63, 3.8) is 0 Å². The Morgan fingerprint density at radius 1 is 1.23 bits per heavy atom. The fourth-order valence-corrected chi connectivity index (χ4v) is 3.46. The zero-order valence-corrected chi connectivity index (χ0v) is 17.0. The maximum absolute atomic E-state index is 13.9. The molecule has 1 unspecified atom stereocenters. The summed E-state index contributed by atoms with van der Waals surface area (Å²) in [4.78, 5) is 21.1. The number of ether oxygens (including phenoxy) is 2. The molecule has 0 fully saturated rings. The van der Waals surface area contributed by atoms with Crippen LogP contribution in [-0.2, 0) is 15.7 Å². The summed E-state index contributed by atoms with van der Waals surface area (Å²) in [6.07, 6.45) is -3.65. The number of benzene rings is 1. The van der Waals surface area contributed by atoms with E-state index in [0.717, 1.165) is 6.07 Å². The van der Waals surface area contributed by atoms with Gasteiger partial charge in [0.25, 0.3) is 0 Å². The lowest BCUT2D eigenvalue weighted by Crippen LogP contribution is -2.28. The number of nitrogens with one attached hydrogen (secondary N) is 1. The minimum absolute atomic E-state index is 0.0597. The molecule has 6 nitrogen and oxygen atoms in total. The van der Waals surface area contributed by atoms with Crippen LogP contribution in [0.5, 0.6) is 5.88 Å². The molecule has 0 aliphatic carbocycles. The average molecular weight is 421 g/mol. The molecule has 2 aromatic rings. The number of nitrogens with zero attached hydrogens (tertiary/aromatic N) is 2. The highest BCUT2D eigenvalue weighted by Gasteiger charge is 2.42. The molecule has 0 amide bonds. The molecule has 1 atom stereocenters. The molecule has 1 aliphatic rings. The molecule has 1 aromatic heterocycles. The Hall–Kier alpha value is -3.10. The Balaban J connectivity index is 2.33. The van der Waals surface area contributed by atoms with Crippen LogP contribution in [0.2, 0.25) is 0 Å². The van der Waals surface area contributed by atoms with E-state index in [-0.39, 0.29) is 41.1 Å². The van der Waals surface area contributed by atoms with Crippen molar-refractivity contribution in [3.05, 3.63) is 58.6 Å². The maximum Gasteiger partial charge on any atom is 0.416 e. The van der Waals surface area contributed by atoms with Gasteiger partial charge in [0.1, 0.15) is 12.1 Å². The summed E-state index contributed by atoms with van der Waals surface area (Å²) in [5.41, 5.74) is -0.270. The highest BCUT2D eigenvalue weighted by Crippen LogP contribution is 2.48. The summed E-state index contributed by atoms with van der Waals surface area (Å²) in [5.74, 6) is -1.44. The highest BCUT2D eigenvalue weighted by molar-refractivity contribution is 5.94. The first kappa shape index (κ1) is 21.6. The number of carbonyl (C=O) groups is 1. The van der Waals surface area contributed by atoms with Crippen molar-refractivity contribution >= 4 is 11.8 Å². The number of esters is 1. The number of halogens is 3. The van der Waals surface area contributed by atoms with Crippen LogP contribution in [0.1, 0.15) is 50.3 Å². The molecule has 1 aromatic carbocycles. The predicted octanol–water partition coefficient (Wildman–Crippen LogP) is 4.68. The van der Waals surface area contributed by atoms with Crippen LogP contribution in [0.25, 0.3) is 0 Å². The first-order chi connectivity index (χ1) is 14.1. The van der Waals surface area contributed by atoms with E-state index in [1.165, 1.54) is 24.5 Å². The van der Waals surface area contributed by atoms with Crippen LogP contribution in [0.4, 0.5) is 19.0 Å². The molecule has 0 spiro atoms. The SMILES string of the molecule is CCOC(=O)C1=C(C)Nc2ncnc(OC(C)C)c2C1c1ccccc1C(F)(F)F. The summed E-state index contributed by atoms with van der Waals surface area (Å²) in [6.45, 7) is 6.86. The van der Waals surface area contributed by atoms with Gasteiger partial charge in [-0.2, -0.15) is 13.2 Å². The topological polar surface area (TPSA) is 73.3 Å². The van der Waals surface area contributed by atoms with Crippen LogP contribution >= 0.6 is 0 Å². The number of fused-ring (bicyclic) bond motifs is 1. The lowest BCUT2D eigenvalue weighted by atomic mass is 9.80. The largest absolute Gasteiger partial charge is 0.475 e. The molecule has 1 aliphatic heterocycles. The maximum atomic E-state index is 13.9. The quantitative estimate of drug-likeness (QED) is 0.707. The van der Waals surface area contributed by atoms with Crippen LogP contribution in [0, 0.1) is 0 Å². The number of hydrogen-bond donors (Lipinski definition) is 1. The van der Waals surface area contributed by atoms with Gasteiger partial charge in [-0.1, -0.05) is 18.2 Å². The molecular weight excluding hydrogens is 399 g/mol. The van der Waals surface area contributed by atoms with Gasteiger partial charge in [0.2, 0.25) is 5.88 Å². The first-order valence-corrected chi connectivity index (χ1v) is 9.47. The molecule has 1 N–H and O–H groups in total. The summed E-state index contributed by atoms with van der Waals surface area (Å²) >= 11 is 0. The van der Waals surface area contributed by atoms with Crippen LogP contribution in [0.15, 0.2) is 41.9 Å². The number of alkyl halides is 3. The van der Waals surface area contributed by atoms with E-state index in [1.54, 1.807) is 27.7 Å². The minimum atomic E-state index is -4.62. The van der Waals surface area contributed by atoms with Gasteiger partial charge >= 0.3 is 12.1 Å². The first-order valence-electron chi connectivity index (χ1n) is 9.47. The number of hydrogen-bond acceptors (Lipinski definition) is 6. The molecule has 9 heteroatoms. The van der Waals surface area contributed by atoms with Gasteiger partial charge in [-0.05, 0) is 39.3 Å². The number of allylic oxidation sites excluding steroid dienone is 1. The van der Waals surface area contributed by atoms with E-state index in [2.05, 4.69) is 15.3 Å². The van der Waals surface area contributed by atoms with E-state index in [4.69, 9.17) is 9.47 Å². The van der Waals surface area contributed by atoms with Crippen molar-refractivity contribution in [2.45, 2.75) is 45.9 Å². The fourth-order valence-electron chi connectivity index (χ4n) is 3.46. The van der Waals surface area contributed by atoms with Gasteiger partial charge in [-0.15, -0.1) is 0 Å². The predicted molar refractivity (Wildman–Crippen MR) is 104 cm³/mol. The lowest BCUT2D eigenvalue weighted by Gasteiger charge is -2.31. The standard InChI is InChI=1S/C21H22F3N3O3/c1-5-29-20(28)15-12(4)27-18-17(19(26-10-25-18)30-11(2)3)16(15)13-8-6-7-9-14(13)21(22,23)24/h6-11,16H,5H2,1-4H3,(H,25,26,27). The van der Waals surface area contributed by atoms with Gasteiger partial charge in [0.05, 0.1) is 35.3 Å². The molecule has 0 saturated heterocycles. The molecule has 0 radical (unpaired) electrons. The number of aromatic nitrogens is 2. The number of anilines is 1. The summed E-state index contributed by atoms with van der Waals surface area (Å²) in [5, 5.41) is 2.99. The normalized spacial score (nSPS) is 16.2. The molecule has 160 valence electrons. The third kappa shape index (κ3) is 4.10. The van der Waals surface area contributed by atoms with Gasteiger partial charge in [0.15, 0.2) is 0 Å². The third-order valence-electron chi connectivity index (χ3n) is 4.55. The van der Waals surface area contributed by atoms with Gasteiger partial charge in [0, 0.05) is 5.70 Å². The van der Waals surface area contributed by atoms with Gasteiger partial charge in [-0.3, -0.25) is 0 Å². The second-order valence-electron chi connectivity index (χ2n) is 7.01. The Labute approximate surface area is 172 Å². The Morgan fingerprint density at radius 2 is 1.93 bits per heavy atom. The molecule has 2 heterocycles. The Morgan fingerprint density at radius 3 is 2.57 bits per heavy atom. The van der Waals surface area contributed by atoms with Crippen LogP contribution in [0.3, 0.4) is 0 Å². The monoisotopic (exact) mass is 421 g/mol. The number of rotatable bonds is 5. The number of carbonyl (C=O) groups excluding carboxylic acids is 1. The minimum Gasteiger partial charge on any atom is -0.475 e. The van der Waals surface area contributed by atoms with Crippen molar-refractivity contribution in [2.24, 2.45) is 0 Å². The second-order valence-corrected chi connectivity index (χ2v) is 7.01. The molecular formula is C21H22F3N3O3. The van der Waals surface area contributed by atoms with Crippen molar-refractivity contribution in [1.82, 2.24) is 9.97 Å². The summed E-state index contributed by atoms with van der Waals surface area (Å²) in [6, 6.07) is 5.14. The highest BCUT2D eigenvalue weighted by atomic mass is 19.4. The second kappa shape index (κ2) is 8.33. The van der Waals surface area contributed by atoms with Gasteiger partial charge in [-0.25, -0.2) is 14.8 Å². The van der Waals surface area contributed by atoms with E-state index in [9.17, 15) is 18.0 Å². The zero-order chi connectivity index (χ0) is 22.1. The average Bonchev–Trinajstić information content (AvgIpc) is 2.66. The van der Waals surface area contributed by atoms with Crippen LogP contribution in [-0.4, -0.2) is 28.6 Å². The van der Waals surface area contributed by atoms with E-state index in [1.807, 2.05) is 0 Å². The summed E-state index contributed by atoms with van der Waals surface area (Å²) in [7, 11) is 0. The Kier molecular flexibility index (Phi) is 6.00. The smallest absolute Gasteiger partial charge is 0.416 e. The summed E-state index contributed by atoms with van der Waals surface area (Å²) < 4.78 is 52.5. The third-order valence-corrected chi connectivity index (χ3v) is 4.55. The van der Waals surface area contributed by atoms with E-state index in [0.29, 0.717) is 5.70 Å². The van der Waals surface area contributed by atoms with Crippen molar-refractivity contribution in [2.75, 3.05) is 11.9 Å². The molecule has 3 rings (SSSR count). The van der Waals surface area contributed by atoms with Crippen LogP contribution < -0.4 is 10.1 Å². The molecule has 0 bridgehead atoms. The van der Waals surface area contributed by atoms with Crippen molar-refractivity contribution in [1.29, 1.82) is 0 Å². The van der Waals surface area contributed by atoms with E-state index >= 15 is 0 Å². The molecule has 30 heavy (non-hydrogen) atoms. The van der Waals surface area contributed by atoms with Gasteiger partial charge < -0.3 is 14.8 Å². The van der Waals surface area contributed by atoms with Crippen molar-refractivity contribution in [3.8, 4) is 5.88 Å². The van der Waals surface area contributed by atoms with E-state index < -0.39 is 23.6 Å². The zero-order valence-electron chi connectivity index (χ0n) is 17.0. The Bertz CT molecular complexity index is 987. The fraction of sp³-hybridized carbons (Fsp3) is 0.381.